The van der Waals surface area contributed by atoms with E-state index < -0.39 is 12.3 Å². The molecule has 2 aromatic carbocycles. The van der Waals surface area contributed by atoms with Crippen molar-refractivity contribution < 1.29 is 32.5 Å². The summed E-state index contributed by atoms with van der Waals surface area (Å²) in [6, 6.07) is 11.4. The van der Waals surface area contributed by atoms with Crippen LogP contribution in [0.15, 0.2) is 48.2 Å². The molecule has 0 radical (unpaired) electrons. The first-order valence-electron chi connectivity index (χ1n) is 9.20. The van der Waals surface area contributed by atoms with E-state index in [-0.39, 0.29) is 18.1 Å². The fraction of sp³-hybridized carbons (Fsp3) is 0.227. The maximum Gasteiger partial charge on any atom is 0.573 e. The van der Waals surface area contributed by atoms with E-state index in [9.17, 15) is 23.1 Å². The molecule has 1 aromatic heterocycles. The van der Waals surface area contributed by atoms with Gasteiger partial charge in [-0.05, 0) is 61.2 Å². The first-order chi connectivity index (χ1) is 14.2. The normalized spacial score (nSPS) is 12.2. The molecule has 0 amide bonds. The minimum Gasteiger partial charge on any atom is -0.487 e. The summed E-state index contributed by atoms with van der Waals surface area (Å²) in [5.41, 5.74) is 3.89. The monoisotopic (exact) mass is 419 g/mol. The van der Waals surface area contributed by atoms with Gasteiger partial charge in [0.1, 0.15) is 5.75 Å². The summed E-state index contributed by atoms with van der Waals surface area (Å²) in [4.78, 5) is 14.4. The third kappa shape index (κ3) is 5.14. The van der Waals surface area contributed by atoms with E-state index in [1.165, 1.54) is 18.2 Å². The van der Waals surface area contributed by atoms with Crippen molar-refractivity contribution in [1.82, 2.24) is 4.98 Å². The van der Waals surface area contributed by atoms with Gasteiger partial charge in [-0.25, -0.2) is 4.79 Å². The maximum absolute atomic E-state index is 12.6. The van der Waals surface area contributed by atoms with Gasteiger partial charge in [-0.1, -0.05) is 24.3 Å². The van der Waals surface area contributed by atoms with Crippen molar-refractivity contribution in [3.63, 3.8) is 0 Å². The molecule has 0 unspecified atom stereocenters. The Balaban J connectivity index is 1.94. The van der Waals surface area contributed by atoms with Crippen LogP contribution in [-0.4, -0.2) is 29.0 Å². The maximum atomic E-state index is 12.6. The number of halogens is 3. The van der Waals surface area contributed by atoms with E-state index in [1.807, 2.05) is 19.1 Å². The van der Waals surface area contributed by atoms with Crippen molar-refractivity contribution in [2.75, 3.05) is 6.61 Å². The fourth-order valence-electron chi connectivity index (χ4n) is 3.26. The molecule has 0 saturated carbocycles. The van der Waals surface area contributed by atoms with E-state index in [2.05, 4.69) is 9.72 Å². The highest BCUT2D eigenvalue weighted by Crippen LogP contribution is 2.31. The number of rotatable bonds is 7. The van der Waals surface area contributed by atoms with E-state index in [1.54, 1.807) is 25.1 Å². The Bertz CT molecular complexity index is 1100. The van der Waals surface area contributed by atoms with Crippen LogP contribution in [-0.2, 0) is 16.0 Å². The molecule has 3 rings (SSSR count). The van der Waals surface area contributed by atoms with Crippen LogP contribution in [0.25, 0.3) is 17.0 Å². The van der Waals surface area contributed by atoms with Crippen molar-refractivity contribution in [2.24, 2.45) is 0 Å². The molecule has 0 spiro atoms. The molecular weight excluding hydrogens is 399 g/mol. The molecule has 0 atom stereocenters. The number of hydrogen-bond donors (Lipinski definition) is 2. The number of fused-ring (bicyclic) bond motifs is 1. The minimum atomic E-state index is -4.76. The lowest BCUT2D eigenvalue weighted by Gasteiger charge is -2.09. The largest absolute Gasteiger partial charge is 0.573 e. The SMILES string of the molecule is CCOC(=Cc1cccc(Cc2c(C)[nH]c3ccc(OC(F)(F)F)cc23)c1)C(=O)O. The summed E-state index contributed by atoms with van der Waals surface area (Å²) in [7, 11) is 0. The summed E-state index contributed by atoms with van der Waals surface area (Å²) in [6.07, 6.45) is -2.88. The average molecular weight is 419 g/mol. The highest BCUT2D eigenvalue weighted by atomic mass is 19.4. The Morgan fingerprint density at radius 3 is 2.63 bits per heavy atom. The molecule has 30 heavy (non-hydrogen) atoms. The van der Waals surface area contributed by atoms with Gasteiger partial charge in [0.05, 0.1) is 6.61 Å². The second-order valence-electron chi connectivity index (χ2n) is 6.65. The average Bonchev–Trinajstić information content (AvgIpc) is 2.95. The molecule has 8 heteroatoms. The van der Waals surface area contributed by atoms with E-state index in [0.717, 1.165) is 16.8 Å². The van der Waals surface area contributed by atoms with Gasteiger partial charge >= 0.3 is 12.3 Å². The Morgan fingerprint density at radius 2 is 1.97 bits per heavy atom. The summed E-state index contributed by atoms with van der Waals surface area (Å²) in [5.74, 6) is -1.60. The van der Waals surface area contributed by atoms with E-state index in [0.29, 0.717) is 22.9 Å². The number of aliphatic carboxylic acids is 1. The molecule has 5 nitrogen and oxygen atoms in total. The van der Waals surface area contributed by atoms with Gasteiger partial charge in [-0.3, -0.25) is 0 Å². The molecule has 0 aliphatic carbocycles. The number of aromatic amines is 1. The highest BCUT2D eigenvalue weighted by Gasteiger charge is 2.31. The third-order valence-corrected chi connectivity index (χ3v) is 4.46. The van der Waals surface area contributed by atoms with Gasteiger partial charge in [0.15, 0.2) is 0 Å². The van der Waals surface area contributed by atoms with Crippen LogP contribution in [0.3, 0.4) is 0 Å². The summed E-state index contributed by atoms with van der Waals surface area (Å²) in [6.45, 7) is 3.78. The quantitative estimate of drug-likeness (QED) is 0.396. The van der Waals surface area contributed by atoms with Crippen LogP contribution in [0.4, 0.5) is 13.2 Å². The highest BCUT2D eigenvalue weighted by molar-refractivity contribution is 5.90. The zero-order valence-electron chi connectivity index (χ0n) is 16.3. The second-order valence-corrected chi connectivity index (χ2v) is 6.65. The number of aryl methyl sites for hydroxylation is 1. The number of carbonyl (C=O) groups is 1. The third-order valence-electron chi connectivity index (χ3n) is 4.46. The molecule has 0 bridgehead atoms. The summed E-state index contributed by atoms with van der Waals surface area (Å²) >= 11 is 0. The van der Waals surface area contributed by atoms with Crippen molar-refractivity contribution in [3.05, 3.63) is 70.6 Å². The molecule has 0 aliphatic heterocycles. The number of H-pyrrole nitrogens is 1. The lowest BCUT2D eigenvalue weighted by atomic mass is 10.00. The number of carboxylic acid groups (broad SMARTS) is 1. The molecular formula is C22H20F3NO4. The lowest BCUT2D eigenvalue weighted by Crippen LogP contribution is -2.16. The Kier molecular flexibility index (Phi) is 6.05. The Morgan fingerprint density at radius 1 is 1.20 bits per heavy atom. The number of benzene rings is 2. The standard InChI is InChI=1S/C22H20F3NO4/c1-3-29-20(21(27)28)11-15-6-4-5-14(9-15)10-17-13(2)26-19-8-7-16(12-18(17)19)30-22(23,24)25/h4-9,11-12,26H,3,10H2,1-2H3,(H,27,28). The molecule has 3 aromatic rings. The predicted octanol–water partition coefficient (Wildman–Crippen LogP) is 5.43. The predicted molar refractivity (Wildman–Crippen MR) is 106 cm³/mol. The first-order valence-corrected chi connectivity index (χ1v) is 9.20. The van der Waals surface area contributed by atoms with Crippen molar-refractivity contribution >= 4 is 22.9 Å². The smallest absolute Gasteiger partial charge is 0.487 e. The van der Waals surface area contributed by atoms with Crippen molar-refractivity contribution in [3.8, 4) is 5.75 Å². The molecule has 0 aliphatic rings. The number of hydrogen-bond acceptors (Lipinski definition) is 3. The lowest BCUT2D eigenvalue weighted by molar-refractivity contribution is -0.274. The van der Waals surface area contributed by atoms with Gasteiger partial charge in [-0.2, -0.15) is 0 Å². The van der Waals surface area contributed by atoms with Crippen molar-refractivity contribution in [2.45, 2.75) is 26.6 Å². The number of nitrogens with one attached hydrogen (secondary N) is 1. The Hall–Kier alpha value is -3.42. The van der Waals surface area contributed by atoms with Gasteiger partial charge in [0.2, 0.25) is 5.76 Å². The van der Waals surface area contributed by atoms with E-state index >= 15 is 0 Å². The van der Waals surface area contributed by atoms with Crippen LogP contribution in [0.5, 0.6) is 5.75 Å². The van der Waals surface area contributed by atoms with Gasteiger partial charge in [0, 0.05) is 16.6 Å². The second kappa shape index (κ2) is 8.52. The summed E-state index contributed by atoms with van der Waals surface area (Å²) < 4.78 is 46.9. The minimum absolute atomic E-state index is 0.160. The van der Waals surface area contributed by atoms with Crippen LogP contribution >= 0.6 is 0 Å². The summed E-state index contributed by atoms with van der Waals surface area (Å²) in [5, 5.41) is 9.85. The number of aromatic nitrogens is 1. The molecule has 1 heterocycles. The Labute approximate surface area is 170 Å². The molecule has 0 fully saturated rings. The van der Waals surface area contributed by atoms with Crippen LogP contribution in [0, 0.1) is 6.92 Å². The zero-order valence-corrected chi connectivity index (χ0v) is 16.3. The first kappa shape index (κ1) is 21.3. The number of ether oxygens (including phenoxy) is 2. The van der Waals surface area contributed by atoms with Crippen LogP contribution in [0.2, 0.25) is 0 Å². The van der Waals surface area contributed by atoms with Crippen LogP contribution in [0.1, 0.15) is 29.3 Å². The van der Waals surface area contributed by atoms with Gasteiger partial charge < -0.3 is 19.6 Å². The van der Waals surface area contributed by atoms with Gasteiger partial charge in [-0.15, -0.1) is 13.2 Å². The molecule has 158 valence electrons. The topological polar surface area (TPSA) is 71.5 Å². The fourth-order valence-corrected chi connectivity index (χ4v) is 3.26. The van der Waals surface area contributed by atoms with Crippen molar-refractivity contribution in [1.29, 1.82) is 0 Å². The molecule has 2 N–H and O–H groups in total. The van der Waals surface area contributed by atoms with Gasteiger partial charge in [0.25, 0.3) is 0 Å². The van der Waals surface area contributed by atoms with Crippen LogP contribution < -0.4 is 4.74 Å². The number of alkyl halides is 3. The molecule has 0 saturated heterocycles. The number of carboxylic acids is 1. The van der Waals surface area contributed by atoms with E-state index in [4.69, 9.17) is 4.74 Å². The zero-order chi connectivity index (χ0) is 21.9.